The van der Waals surface area contributed by atoms with Crippen molar-refractivity contribution in [2.75, 3.05) is 13.7 Å². The monoisotopic (exact) mass is 344 g/mol. The Kier molecular flexibility index (Phi) is 7.54. The van der Waals surface area contributed by atoms with Crippen LogP contribution in [0.15, 0.2) is 24.3 Å². The fraction of sp³-hybridized carbons (Fsp3) is 0.591. The maximum absolute atomic E-state index is 12.1. The highest BCUT2D eigenvalue weighted by Gasteiger charge is 2.35. The number of carbonyl (C=O) groups is 1. The van der Waals surface area contributed by atoms with Gasteiger partial charge in [-0.15, -0.1) is 0 Å². The highest BCUT2D eigenvalue weighted by molar-refractivity contribution is 5.87. The highest BCUT2D eigenvalue weighted by Crippen LogP contribution is 2.49. The molecule has 1 saturated carbocycles. The first-order valence-corrected chi connectivity index (χ1v) is 9.61. The van der Waals surface area contributed by atoms with Crippen LogP contribution in [0.1, 0.15) is 69.9 Å². The van der Waals surface area contributed by atoms with Gasteiger partial charge in [-0.2, -0.15) is 0 Å². The van der Waals surface area contributed by atoms with Gasteiger partial charge in [0.1, 0.15) is 5.75 Å². The van der Waals surface area contributed by atoms with E-state index in [-0.39, 0.29) is 5.97 Å². The van der Waals surface area contributed by atoms with Gasteiger partial charge in [-0.3, -0.25) is 0 Å². The minimum Gasteiger partial charge on any atom is -0.497 e. The number of carbonyl (C=O) groups excluding carboxylic acids is 1. The van der Waals surface area contributed by atoms with Crippen LogP contribution in [0.4, 0.5) is 0 Å². The SMILES string of the molecule is CCCCC(CC)COC(=O)/C=C/c1ccc(OC)cc1[C@H]1CC1C. The number of esters is 1. The van der Waals surface area contributed by atoms with Crippen LogP contribution < -0.4 is 4.74 Å². The molecule has 0 aromatic heterocycles. The third-order valence-electron chi connectivity index (χ3n) is 5.21. The van der Waals surface area contributed by atoms with Crippen molar-refractivity contribution in [1.82, 2.24) is 0 Å². The van der Waals surface area contributed by atoms with Gasteiger partial charge in [-0.05, 0) is 59.9 Å². The van der Waals surface area contributed by atoms with E-state index in [2.05, 4.69) is 26.8 Å². The molecule has 138 valence electrons. The van der Waals surface area contributed by atoms with Crippen molar-refractivity contribution in [3.63, 3.8) is 0 Å². The molecule has 0 N–H and O–H groups in total. The van der Waals surface area contributed by atoms with E-state index in [0.29, 0.717) is 24.4 Å². The molecule has 1 fully saturated rings. The molecule has 1 aliphatic carbocycles. The third kappa shape index (κ3) is 5.91. The zero-order valence-electron chi connectivity index (χ0n) is 16.1. The van der Waals surface area contributed by atoms with Crippen molar-refractivity contribution in [2.45, 2.75) is 58.8 Å². The molecule has 0 saturated heterocycles. The lowest BCUT2D eigenvalue weighted by atomic mass is 10.0. The molecule has 3 heteroatoms. The van der Waals surface area contributed by atoms with Crippen molar-refractivity contribution in [3.8, 4) is 5.75 Å². The summed E-state index contributed by atoms with van der Waals surface area (Å²) in [5.74, 6) is 2.37. The van der Waals surface area contributed by atoms with Crippen molar-refractivity contribution in [2.24, 2.45) is 11.8 Å². The maximum Gasteiger partial charge on any atom is 0.330 e. The standard InChI is InChI=1S/C22H32O3/c1-5-7-8-17(6-2)15-25-22(23)12-10-18-9-11-19(24-4)14-21(18)20-13-16(20)3/h9-12,14,16-17,20H,5-8,13,15H2,1-4H3/b12-10+/t16?,17?,20-/m0/s1. The molecule has 0 heterocycles. The number of methoxy groups -OCH3 is 1. The Bertz CT molecular complexity index is 591. The zero-order valence-corrected chi connectivity index (χ0v) is 16.1. The molecule has 0 aliphatic heterocycles. The first-order valence-electron chi connectivity index (χ1n) is 9.61. The minimum atomic E-state index is -0.249. The molecule has 1 aromatic rings. The Morgan fingerprint density at radius 1 is 1.36 bits per heavy atom. The molecule has 1 aromatic carbocycles. The van der Waals surface area contributed by atoms with Crippen LogP contribution in [0.25, 0.3) is 6.08 Å². The molecule has 0 radical (unpaired) electrons. The van der Waals surface area contributed by atoms with Crippen LogP contribution in [0.2, 0.25) is 0 Å². The van der Waals surface area contributed by atoms with Crippen molar-refractivity contribution < 1.29 is 14.3 Å². The van der Waals surface area contributed by atoms with E-state index in [1.807, 2.05) is 18.2 Å². The Morgan fingerprint density at radius 2 is 2.12 bits per heavy atom. The zero-order chi connectivity index (χ0) is 18.2. The van der Waals surface area contributed by atoms with Crippen LogP contribution >= 0.6 is 0 Å². The maximum atomic E-state index is 12.1. The second kappa shape index (κ2) is 9.65. The molecule has 2 rings (SSSR count). The summed E-state index contributed by atoms with van der Waals surface area (Å²) in [7, 11) is 1.69. The van der Waals surface area contributed by atoms with Gasteiger partial charge < -0.3 is 9.47 Å². The summed E-state index contributed by atoms with van der Waals surface area (Å²) in [6.07, 6.45) is 9.21. The molecule has 3 nitrogen and oxygen atoms in total. The molecule has 25 heavy (non-hydrogen) atoms. The van der Waals surface area contributed by atoms with Gasteiger partial charge in [0.25, 0.3) is 0 Å². The topological polar surface area (TPSA) is 35.5 Å². The summed E-state index contributed by atoms with van der Waals surface area (Å²) in [6.45, 7) is 7.13. The van der Waals surface area contributed by atoms with Crippen molar-refractivity contribution in [1.29, 1.82) is 0 Å². The number of unbranched alkanes of at least 4 members (excludes halogenated alkanes) is 1. The number of rotatable bonds is 10. The van der Waals surface area contributed by atoms with E-state index in [4.69, 9.17) is 9.47 Å². The van der Waals surface area contributed by atoms with E-state index >= 15 is 0 Å². The number of ether oxygens (including phenoxy) is 2. The lowest BCUT2D eigenvalue weighted by molar-refractivity contribution is -0.139. The van der Waals surface area contributed by atoms with E-state index in [1.54, 1.807) is 13.2 Å². The van der Waals surface area contributed by atoms with E-state index in [1.165, 1.54) is 24.8 Å². The third-order valence-corrected chi connectivity index (χ3v) is 5.21. The molecular formula is C22H32O3. The highest BCUT2D eigenvalue weighted by atomic mass is 16.5. The number of benzene rings is 1. The predicted octanol–water partition coefficient (Wildman–Crippen LogP) is 5.59. The van der Waals surface area contributed by atoms with Crippen LogP contribution in [0.3, 0.4) is 0 Å². The summed E-state index contributed by atoms with van der Waals surface area (Å²) < 4.78 is 10.8. The molecule has 0 bridgehead atoms. The van der Waals surface area contributed by atoms with Gasteiger partial charge in [0.2, 0.25) is 0 Å². The molecule has 0 amide bonds. The van der Waals surface area contributed by atoms with E-state index < -0.39 is 0 Å². The number of hydrogen-bond donors (Lipinski definition) is 0. The fourth-order valence-corrected chi connectivity index (χ4v) is 3.21. The molecular weight excluding hydrogens is 312 g/mol. The average Bonchev–Trinajstić information content (AvgIpc) is 3.36. The quantitative estimate of drug-likeness (QED) is 0.410. The Morgan fingerprint density at radius 3 is 2.72 bits per heavy atom. The lowest BCUT2D eigenvalue weighted by Crippen LogP contribution is -2.12. The predicted molar refractivity (Wildman–Crippen MR) is 103 cm³/mol. The lowest BCUT2D eigenvalue weighted by Gasteiger charge is -2.13. The van der Waals surface area contributed by atoms with Crippen molar-refractivity contribution >= 4 is 12.0 Å². The summed E-state index contributed by atoms with van der Waals surface area (Å²) in [5, 5.41) is 0. The van der Waals surface area contributed by atoms with Gasteiger partial charge in [-0.25, -0.2) is 4.79 Å². The molecule has 1 aliphatic rings. The number of hydrogen-bond acceptors (Lipinski definition) is 3. The second-order valence-electron chi connectivity index (χ2n) is 7.19. The first kappa shape index (κ1) is 19.6. The van der Waals surface area contributed by atoms with Gasteiger partial charge in [0.05, 0.1) is 13.7 Å². The van der Waals surface area contributed by atoms with Crippen LogP contribution in [0, 0.1) is 11.8 Å². The second-order valence-corrected chi connectivity index (χ2v) is 7.19. The van der Waals surface area contributed by atoms with E-state index in [0.717, 1.165) is 24.2 Å². The van der Waals surface area contributed by atoms with Gasteiger partial charge >= 0.3 is 5.97 Å². The normalized spacial score (nSPS) is 20.5. The molecule has 2 unspecified atom stereocenters. The Balaban J connectivity index is 1.95. The van der Waals surface area contributed by atoms with Gasteiger partial charge in [0, 0.05) is 6.08 Å². The molecule has 3 atom stereocenters. The summed E-state index contributed by atoms with van der Waals surface area (Å²) >= 11 is 0. The fourth-order valence-electron chi connectivity index (χ4n) is 3.21. The van der Waals surface area contributed by atoms with Gasteiger partial charge in [0.15, 0.2) is 0 Å². The van der Waals surface area contributed by atoms with Crippen molar-refractivity contribution in [3.05, 3.63) is 35.4 Å². The van der Waals surface area contributed by atoms with Crippen LogP contribution in [-0.2, 0) is 9.53 Å². The van der Waals surface area contributed by atoms with E-state index in [9.17, 15) is 4.79 Å². The smallest absolute Gasteiger partial charge is 0.330 e. The minimum absolute atomic E-state index is 0.249. The molecule has 0 spiro atoms. The van der Waals surface area contributed by atoms with Crippen LogP contribution in [0.5, 0.6) is 5.75 Å². The van der Waals surface area contributed by atoms with Crippen LogP contribution in [-0.4, -0.2) is 19.7 Å². The summed E-state index contributed by atoms with van der Waals surface area (Å²) in [4.78, 5) is 12.1. The first-order chi connectivity index (χ1) is 12.1. The Hall–Kier alpha value is -1.77. The van der Waals surface area contributed by atoms with Gasteiger partial charge in [-0.1, -0.05) is 46.1 Å². The largest absolute Gasteiger partial charge is 0.497 e. The summed E-state index contributed by atoms with van der Waals surface area (Å²) in [5.41, 5.74) is 2.36. The summed E-state index contributed by atoms with van der Waals surface area (Å²) in [6, 6.07) is 6.07. The average molecular weight is 344 g/mol. The Labute approximate surface area is 152 Å².